The highest BCUT2D eigenvalue weighted by molar-refractivity contribution is 5.51. The number of phenolic OH excluding ortho intramolecular Hbond substituents is 1. The highest BCUT2D eigenvalue weighted by atomic mass is 16.7. The summed E-state index contributed by atoms with van der Waals surface area (Å²) in [4.78, 5) is 0. The van der Waals surface area contributed by atoms with Gasteiger partial charge in [0.05, 0.1) is 0 Å². The summed E-state index contributed by atoms with van der Waals surface area (Å²) in [5.74, 6) is 2.37. The molecule has 2 aliphatic rings. The van der Waals surface area contributed by atoms with Gasteiger partial charge < -0.3 is 19.9 Å². The molecule has 2 N–H and O–H groups in total. The lowest BCUT2D eigenvalue weighted by Crippen LogP contribution is -2.18. The highest BCUT2D eigenvalue weighted by Gasteiger charge is 2.44. The summed E-state index contributed by atoms with van der Waals surface area (Å²) in [6.45, 7) is 6.48. The molecular formula is C14H19NO3. The smallest absolute Gasteiger partial charge is 0.231 e. The maximum Gasteiger partial charge on any atom is 0.231 e. The molecule has 1 saturated carbocycles. The standard InChI is InChI=1S/C14H19NO3/c1-14(2)5-10(14)7-15-6-9-3-12-13(4-11(9)16)18-8-17-12/h3-4,10,15-16H,5-8H2,1-2H3. The van der Waals surface area contributed by atoms with Gasteiger partial charge in [-0.2, -0.15) is 0 Å². The predicted octanol–water partition coefficient (Wildman–Crippen LogP) is 2.26. The quantitative estimate of drug-likeness (QED) is 0.859. The van der Waals surface area contributed by atoms with Crippen molar-refractivity contribution in [3.63, 3.8) is 0 Å². The van der Waals surface area contributed by atoms with Crippen LogP contribution >= 0.6 is 0 Å². The Morgan fingerprint density at radius 2 is 2.00 bits per heavy atom. The van der Waals surface area contributed by atoms with Crippen LogP contribution in [-0.4, -0.2) is 18.4 Å². The first-order valence-corrected chi connectivity index (χ1v) is 6.38. The number of rotatable bonds is 4. The van der Waals surface area contributed by atoms with Crippen LogP contribution in [0.25, 0.3) is 0 Å². The Kier molecular flexibility index (Phi) is 2.63. The number of hydrogen-bond donors (Lipinski definition) is 2. The van der Waals surface area contributed by atoms with E-state index in [4.69, 9.17) is 9.47 Å². The molecule has 1 heterocycles. The minimum atomic E-state index is 0.238. The Balaban J connectivity index is 1.59. The Morgan fingerprint density at radius 3 is 2.67 bits per heavy atom. The van der Waals surface area contributed by atoms with Crippen molar-refractivity contribution in [3.05, 3.63) is 17.7 Å². The maximum atomic E-state index is 9.88. The van der Waals surface area contributed by atoms with Gasteiger partial charge in [-0.25, -0.2) is 0 Å². The summed E-state index contributed by atoms with van der Waals surface area (Å²) in [6.07, 6.45) is 1.28. The van der Waals surface area contributed by atoms with Gasteiger partial charge in [-0.05, 0) is 30.4 Å². The average Bonchev–Trinajstić information content (AvgIpc) is 2.73. The molecule has 1 unspecified atom stereocenters. The number of aromatic hydroxyl groups is 1. The van der Waals surface area contributed by atoms with Crippen LogP contribution in [0.1, 0.15) is 25.8 Å². The van der Waals surface area contributed by atoms with Gasteiger partial charge in [0.15, 0.2) is 11.5 Å². The zero-order valence-corrected chi connectivity index (χ0v) is 10.8. The molecule has 1 atom stereocenters. The fraction of sp³-hybridized carbons (Fsp3) is 0.571. The van der Waals surface area contributed by atoms with E-state index in [2.05, 4.69) is 19.2 Å². The number of phenols is 1. The third-order valence-corrected chi connectivity index (χ3v) is 4.00. The average molecular weight is 249 g/mol. The van der Waals surface area contributed by atoms with Gasteiger partial charge >= 0.3 is 0 Å². The van der Waals surface area contributed by atoms with E-state index in [1.54, 1.807) is 6.07 Å². The molecule has 1 aliphatic heterocycles. The van der Waals surface area contributed by atoms with Gasteiger partial charge in [0.25, 0.3) is 0 Å². The normalized spacial score (nSPS) is 23.1. The molecule has 4 heteroatoms. The number of benzene rings is 1. The first-order chi connectivity index (χ1) is 8.56. The Morgan fingerprint density at radius 1 is 1.33 bits per heavy atom. The van der Waals surface area contributed by atoms with E-state index < -0.39 is 0 Å². The predicted molar refractivity (Wildman–Crippen MR) is 67.8 cm³/mol. The molecule has 0 saturated heterocycles. The second-order valence-electron chi connectivity index (χ2n) is 5.85. The molecule has 1 aliphatic carbocycles. The van der Waals surface area contributed by atoms with Gasteiger partial charge in [0.2, 0.25) is 6.79 Å². The van der Waals surface area contributed by atoms with E-state index in [1.165, 1.54) is 6.42 Å². The van der Waals surface area contributed by atoms with Crippen molar-refractivity contribution in [3.8, 4) is 17.2 Å². The minimum absolute atomic E-state index is 0.238. The van der Waals surface area contributed by atoms with Crippen LogP contribution in [0.3, 0.4) is 0 Å². The molecule has 0 aromatic heterocycles. The fourth-order valence-electron chi connectivity index (χ4n) is 2.42. The molecule has 0 amide bonds. The van der Waals surface area contributed by atoms with Crippen LogP contribution in [0.4, 0.5) is 0 Å². The number of hydrogen-bond acceptors (Lipinski definition) is 4. The van der Waals surface area contributed by atoms with Crippen LogP contribution in [0.15, 0.2) is 12.1 Å². The van der Waals surface area contributed by atoms with Gasteiger partial charge in [-0.15, -0.1) is 0 Å². The van der Waals surface area contributed by atoms with Crippen molar-refractivity contribution in [1.29, 1.82) is 0 Å². The van der Waals surface area contributed by atoms with Crippen LogP contribution < -0.4 is 14.8 Å². The summed E-state index contributed by atoms with van der Waals surface area (Å²) >= 11 is 0. The van der Waals surface area contributed by atoms with E-state index in [0.29, 0.717) is 17.7 Å². The molecule has 1 fully saturated rings. The summed E-state index contributed by atoms with van der Waals surface area (Å²) in [5.41, 5.74) is 1.35. The van der Waals surface area contributed by atoms with E-state index >= 15 is 0 Å². The third kappa shape index (κ3) is 2.12. The van der Waals surface area contributed by atoms with Crippen LogP contribution in [-0.2, 0) is 6.54 Å². The molecule has 0 bridgehead atoms. The molecule has 18 heavy (non-hydrogen) atoms. The Bertz CT molecular complexity index is 470. The fourth-order valence-corrected chi connectivity index (χ4v) is 2.42. The molecular weight excluding hydrogens is 230 g/mol. The summed E-state index contributed by atoms with van der Waals surface area (Å²) < 4.78 is 10.5. The van der Waals surface area contributed by atoms with E-state index in [-0.39, 0.29) is 12.5 Å². The van der Waals surface area contributed by atoms with Gasteiger partial charge in [0, 0.05) is 18.2 Å². The second-order valence-corrected chi connectivity index (χ2v) is 5.85. The number of nitrogens with one attached hydrogen (secondary N) is 1. The zero-order valence-electron chi connectivity index (χ0n) is 10.8. The Hall–Kier alpha value is -1.42. The molecule has 1 aromatic rings. The largest absolute Gasteiger partial charge is 0.507 e. The second kappa shape index (κ2) is 4.05. The van der Waals surface area contributed by atoms with Crippen LogP contribution in [0.2, 0.25) is 0 Å². The third-order valence-electron chi connectivity index (χ3n) is 4.00. The highest BCUT2D eigenvalue weighted by Crippen LogP contribution is 2.51. The first-order valence-electron chi connectivity index (χ1n) is 6.38. The summed E-state index contributed by atoms with van der Waals surface area (Å²) in [5, 5.41) is 13.3. The van der Waals surface area contributed by atoms with Crippen molar-refractivity contribution in [2.24, 2.45) is 11.3 Å². The molecule has 4 nitrogen and oxygen atoms in total. The molecule has 0 spiro atoms. The lowest BCUT2D eigenvalue weighted by Gasteiger charge is -2.09. The number of fused-ring (bicyclic) bond motifs is 1. The van der Waals surface area contributed by atoms with Gasteiger partial charge in [-0.1, -0.05) is 13.8 Å². The first kappa shape index (κ1) is 11.7. The Labute approximate surface area is 107 Å². The number of ether oxygens (including phenoxy) is 2. The van der Waals surface area contributed by atoms with Crippen molar-refractivity contribution in [1.82, 2.24) is 5.32 Å². The molecule has 3 rings (SSSR count). The van der Waals surface area contributed by atoms with E-state index in [9.17, 15) is 5.11 Å². The van der Waals surface area contributed by atoms with Crippen LogP contribution in [0, 0.1) is 11.3 Å². The summed E-state index contributed by atoms with van der Waals surface area (Å²) in [7, 11) is 0. The van der Waals surface area contributed by atoms with E-state index in [0.717, 1.165) is 23.8 Å². The van der Waals surface area contributed by atoms with Crippen LogP contribution in [0.5, 0.6) is 17.2 Å². The monoisotopic (exact) mass is 249 g/mol. The lowest BCUT2D eigenvalue weighted by atomic mass is 10.1. The zero-order chi connectivity index (χ0) is 12.8. The SMILES string of the molecule is CC1(C)CC1CNCc1cc2c(cc1O)OCO2. The molecule has 98 valence electrons. The van der Waals surface area contributed by atoms with Gasteiger partial charge in [-0.3, -0.25) is 0 Å². The van der Waals surface area contributed by atoms with Crippen molar-refractivity contribution in [2.45, 2.75) is 26.8 Å². The maximum absolute atomic E-state index is 9.88. The van der Waals surface area contributed by atoms with Crippen molar-refractivity contribution >= 4 is 0 Å². The van der Waals surface area contributed by atoms with Crippen molar-refractivity contribution < 1.29 is 14.6 Å². The summed E-state index contributed by atoms with van der Waals surface area (Å²) in [6, 6.07) is 3.48. The lowest BCUT2D eigenvalue weighted by molar-refractivity contribution is 0.174. The topological polar surface area (TPSA) is 50.7 Å². The molecule has 1 aromatic carbocycles. The minimum Gasteiger partial charge on any atom is -0.507 e. The van der Waals surface area contributed by atoms with E-state index in [1.807, 2.05) is 6.07 Å². The van der Waals surface area contributed by atoms with Crippen molar-refractivity contribution in [2.75, 3.05) is 13.3 Å². The van der Waals surface area contributed by atoms with Gasteiger partial charge in [0.1, 0.15) is 5.75 Å². The molecule has 0 radical (unpaired) electrons.